The number of nitrogens with one attached hydrogen (secondary N) is 1. The number of halogens is 2. The van der Waals surface area contributed by atoms with Crippen LogP contribution < -0.4 is 11.3 Å². The van der Waals surface area contributed by atoms with Gasteiger partial charge in [0.05, 0.1) is 27.5 Å². The summed E-state index contributed by atoms with van der Waals surface area (Å²) < 4.78 is 1.97. The summed E-state index contributed by atoms with van der Waals surface area (Å²) in [5.74, 6) is 5.75. The summed E-state index contributed by atoms with van der Waals surface area (Å²) in [4.78, 5) is 0. The topological polar surface area (TPSA) is 55.9 Å². The maximum absolute atomic E-state index is 6.26. The molecule has 0 radical (unpaired) electrons. The molecule has 3 N–H and O–H groups in total. The molecule has 0 aliphatic heterocycles. The van der Waals surface area contributed by atoms with E-state index < -0.39 is 0 Å². The highest BCUT2D eigenvalue weighted by Crippen LogP contribution is 2.29. The molecule has 21 heavy (non-hydrogen) atoms. The van der Waals surface area contributed by atoms with Gasteiger partial charge in [-0.05, 0) is 37.5 Å². The van der Waals surface area contributed by atoms with Gasteiger partial charge in [-0.3, -0.25) is 16.0 Å². The van der Waals surface area contributed by atoms with E-state index in [2.05, 4.69) is 30.4 Å². The number of hydrazine groups is 1. The number of hydrogen-bond donors (Lipinski definition) is 2. The van der Waals surface area contributed by atoms with Crippen LogP contribution in [0.2, 0.25) is 10.0 Å². The minimum absolute atomic E-state index is 0.0614. The molecule has 1 atom stereocenters. The molecule has 1 heterocycles. The summed E-state index contributed by atoms with van der Waals surface area (Å²) in [6.45, 7) is 4.96. The second-order valence-corrected chi connectivity index (χ2v) is 5.65. The molecule has 0 saturated heterocycles. The van der Waals surface area contributed by atoms with Crippen molar-refractivity contribution in [3.05, 3.63) is 51.3 Å². The van der Waals surface area contributed by atoms with Crippen LogP contribution in [0.5, 0.6) is 0 Å². The highest BCUT2D eigenvalue weighted by molar-refractivity contribution is 6.42. The first kappa shape index (κ1) is 16.3. The van der Waals surface area contributed by atoms with Gasteiger partial charge in [-0.2, -0.15) is 5.10 Å². The van der Waals surface area contributed by atoms with Crippen molar-refractivity contribution < 1.29 is 0 Å². The van der Waals surface area contributed by atoms with Gasteiger partial charge in [0.25, 0.3) is 0 Å². The molecular weight excluding hydrogens is 307 g/mol. The van der Waals surface area contributed by atoms with Crippen LogP contribution in [-0.4, -0.2) is 9.78 Å². The lowest BCUT2D eigenvalue weighted by Crippen LogP contribution is -2.31. The van der Waals surface area contributed by atoms with Gasteiger partial charge in [-0.1, -0.05) is 42.3 Å². The Morgan fingerprint density at radius 1 is 1.33 bits per heavy atom. The van der Waals surface area contributed by atoms with Crippen molar-refractivity contribution in [2.24, 2.45) is 5.84 Å². The maximum atomic E-state index is 6.26. The molecule has 4 nitrogen and oxygen atoms in total. The molecule has 0 fully saturated rings. The molecule has 0 bridgehead atoms. The fourth-order valence-corrected chi connectivity index (χ4v) is 2.77. The maximum Gasteiger partial charge on any atom is 0.0669 e. The molecular formula is C15H20Cl2N4. The minimum Gasteiger partial charge on any atom is -0.271 e. The van der Waals surface area contributed by atoms with Gasteiger partial charge in [-0.15, -0.1) is 0 Å². The molecule has 0 amide bonds. The minimum atomic E-state index is -0.0614. The molecule has 1 aromatic carbocycles. The largest absolute Gasteiger partial charge is 0.271 e. The van der Waals surface area contributed by atoms with Gasteiger partial charge in [0.15, 0.2) is 0 Å². The lowest BCUT2D eigenvalue weighted by molar-refractivity contribution is 0.490. The van der Waals surface area contributed by atoms with Gasteiger partial charge in [0, 0.05) is 6.54 Å². The van der Waals surface area contributed by atoms with Gasteiger partial charge in [0.2, 0.25) is 0 Å². The van der Waals surface area contributed by atoms with Crippen LogP contribution in [0.4, 0.5) is 0 Å². The van der Waals surface area contributed by atoms with Crippen molar-refractivity contribution in [2.75, 3.05) is 0 Å². The van der Waals surface area contributed by atoms with Crippen LogP contribution in [0.25, 0.3) is 0 Å². The highest BCUT2D eigenvalue weighted by Gasteiger charge is 2.18. The van der Waals surface area contributed by atoms with E-state index in [0.29, 0.717) is 16.5 Å². The number of hydrogen-bond acceptors (Lipinski definition) is 3. The van der Waals surface area contributed by atoms with Crippen molar-refractivity contribution >= 4 is 23.2 Å². The van der Waals surface area contributed by atoms with E-state index in [1.165, 1.54) is 0 Å². The molecule has 6 heteroatoms. The normalized spacial score (nSPS) is 12.6. The first-order valence-electron chi connectivity index (χ1n) is 7.06. The van der Waals surface area contributed by atoms with E-state index in [0.717, 1.165) is 29.9 Å². The second-order valence-electron chi connectivity index (χ2n) is 4.87. The summed E-state index contributed by atoms with van der Waals surface area (Å²) in [7, 11) is 0. The Bertz CT molecular complexity index is 610. The first-order valence-corrected chi connectivity index (χ1v) is 7.81. The smallest absolute Gasteiger partial charge is 0.0669 e. The fourth-order valence-electron chi connectivity index (χ4n) is 2.37. The molecule has 0 aliphatic carbocycles. The first-order chi connectivity index (χ1) is 10.1. The van der Waals surface area contributed by atoms with Crippen molar-refractivity contribution in [1.29, 1.82) is 0 Å². The van der Waals surface area contributed by atoms with Crippen LogP contribution in [0.3, 0.4) is 0 Å². The van der Waals surface area contributed by atoms with Gasteiger partial charge < -0.3 is 0 Å². The molecule has 0 spiro atoms. The third-order valence-electron chi connectivity index (χ3n) is 3.54. The van der Waals surface area contributed by atoms with E-state index in [9.17, 15) is 0 Å². The fraction of sp³-hybridized carbons (Fsp3) is 0.400. The molecule has 1 aromatic heterocycles. The average molecular weight is 327 g/mol. The van der Waals surface area contributed by atoms with Gasteiger partial charge in [-0.25, -0.2) is 0 Å². The van der Waals surface area contributed by atoms with Crippen LogP contribution >= 0.6 is 23.2 Å². The Morgan fingerprint density at radius 3 is 2.71 bits per heavy atom. The Hall–Kier alpha value is -1.07. The van der Waals surface area contributed by atoms with Crippen LogP contribution in [0, 0.1) is 0 Å². The highest BCUT2D eigenvalue weighted by atomic mass is 35.5. The van der Waals surface area contributed by atoms with Crippen molar-refractivity contribution in [3.8, 4) is 0 Å². The molecule has 1 unspecified atom stereocenters. The predicted molar refractivity (Wildman–Crippen MR) is 87.5 cm³/mol. The standard InChI is InChI=1S/C15H20Cl2N4/c1-3-11-9-14(21(4-2)20-11)13(19-18)8-10-6-5-7-12(16)15(10)17/h5-7,9,13,19H,3-4,8,18H2,1-2H3. The van der Waals surface area contributed by atoms with Gasteiger partial charge in [0.1, 0.15) is 0 Å². The van der Waals surface area contributed by atoms with E-state index in [-0.39, 0.29) is 6.04 Å². The molecule has 0 aliphatic rings. The Balaban J connectivity index is 2.31. The van der Waals surface area contributed by atoms with Crippen LogP contribution in [-0.2, 0) is 19.4 Å². The molecule has 0 saturated carbocycles. The van der Waals surface area contributed by atoms with E-state index in [4.69, 9.17) is 29.0 Å². The van der Waals surface area contributed by atoms with E-state index in [1.54, 1.807) is 6.07 Å². The molecule has 2 aromatic rings. The van der Waals surface area contributed by atoms with E-state index in [1.807, 2.05) is 16.8 Å². The zero-order chi connectivity index (χ0) is 15.4. The summed E-state index contributed by atoms with van der Waals surface area (Å²) >= 11 is 12.3. The van der Waals surface area contributed by atoms with Crippen molar-refractivity contribution in [2.45, 2.75) is 39.3 Å². The SMILES string of the molecule is CCc1cc(C(Cc2cccc(Cl)c2Cl)NN)n(CC)n1. The summed E-state index contributed by atoms with van der Waals surface area (Å²) in [5, 5.41) is 5.70. The number of aromatic nitrogens is 2. The van der Waals surface area contributed by atoms with Crippen LogP contribution in [0.1, 0.15) is 36.8 Å². The monoisotopic (exact) mass is 326 g/mol. The quantitative estimate of drug-likeness (QED) is 0.630. The van der Waals surface area contributed by atoms with Crippen molar-refractivity contribution in [3.63, 3.8) is 0 Å². The lowest BCUT2D eigenvalue weighted by Gasteiger charge is -2.18. The average Bonchev–Trinajstić information content (AvgIpc) is 2.92. The van der Waals surface area contributed by atoms with Crippen LogP contribution in [0.15, 0.2) is 24.3 Å². The van der Waals surface area contributed by atoms with Gasteiger partial charge >= 0.3 is 0 Å². The Kier molecular flexibility index (Phi) is 5.65. The Labute approximate surface area is 135 Å². The predicted octanol–water partition coefficient (Wildman–Crippen LogP) is 3.52. The second kappa shape index (κ2) is 7.27. The number of rotatable bonds is 6. The number of nitrogens with two attached hydrogens (primary N) is 1. The summed E-state index contributed by atoms with van der Waals surface area (Å²) in [5.41, 5.74) is 5.95. The third-order valence-corrected chi connectivity index (χ3v) is 4.40. The van der Waals surface area contributed by atoms with Crippen molar-refractivity contribution in [1.82, 2.24) is 15.2 Å². The lowest BCUT2D eigenvalue weighted by atomic mass is 10.0. The summed E-state index contributed by atoms with van der Waals surface area (Å²) in [6.07, 6.45) is 1.56. The summed E-state index contributed by atoms with van der Waals surface area (Å²) in [6, 6.07) is 7.67. The third kappa shape index (κ3) is 3.58. The van der Waals surface area contributed by atoms with E-state index >= 15 is 0 Å². The zero-order valence-electron chi connectivity index (χ0n) is 12.2. The molecule has 2 rings (SSSR count). The zero-order valence-corrected chi connectivity index (χ0v) is 13.7. The number of benzene rings is 1. The number of aryl methyl sites for hydroxylation is 2. The Morgan fingerprint density at radius 2 is 2.10 bits per heavy atom. The number of nitrogens with zero attached hydrogens (tertiary/aromatic N) is 2. The molecule has 114 valence electrons.